The minimum Gasteiger partial charge on any atom is -0.381 e. The lowest BCUT2D eigenvalue weighted by Gasteiger charge is -2.19. The second kappa shape index (κ2) is 17.1. The highest BCUT2D eigenvalue weighted by molar-refractivity contribution is 4.75. The lowest BCUT2D eigenvalue weighted by atomic mass is 9.91. The molecule has 1 nitrogen and oxygen atoms in total. The SMILES string of the molecule is CC(C)(C)CCCOCCCCCCCCCCCCCCCCC(F)(F)C(F)(F)F. The first kappa shape index (κ1) is 30.6. The molecular weight excluding hydrogens is 411 g/mol. The molecule has 0 aliphatic carbocycles. The van der Waals surface area contributed by atoms with Crippen molar-refractivity contribution in [3.05, 3.63) is 0 Å². The van der Waals surface area contributed by atoms with Gasteiger partial charge in [0.2, 0.25) is 0 Å². The normalized spacial score (nSPS) is 13.2. The van der Waals surface area contributed by atoms with Gasteiger partial charge in [-0.2, -0.15) is 22.0 Å². The average molecular weight is 459 g/mol. The van der Waals surface area contributed by atoms with Crippen molar-refractivity contribution in [2.24, 2.45) is 5.41 Å². The summed E-state index contributed by atoms with van der Waals surface area (Å²) in [6.07, 6.45) is 10.0. The van der Waals surface area contributed by atoms with Gasteiger partial charge >= 0.3 is 12.1 Å². The van der Waals surface area contributed by atoms with Gasteiger partial charge in [0.25, 0.3) is 0 Å². The van der Waals surface area contributed by atoms with Crippen molar-refractivity contribution < 1.29 is 26.7 Å². The molecule has 0 N–H and O–H groups in total. The maximum atomic E-state index is 12.8. The second-order valence-corrected chi connectivity index (χ2v) is 10.2. The second-order valence-electron chi connectivity index (χ2n) is 10.2. The molecule has 0 radical (unpaired) electrons. The summed E-state index contributed by atoms with van der Waals surface area (Å²) in [6, 6.07) is 0. The third-order valence-corrected chi connectivity index (χ3v) is 5.66. The van der Waals surface area contributed by atoms with E-state index in [1.807, 2.05) is 0 Å². The highest BCUT2D eigenvalue weighted by Crippen LogP contribution is 2.39. The van der Waals surface area contributed by atoms with Crippen LogP contribution in [0.3, 0.4) is 0 Å². The van der Waals surface area contributed by atoms with E-state index in [0.717, 1.165) is 51.7 Å². The van der Waals surface area contributed by atoms with E-state index in [1.165, 1.54) is 51.4 Å². The first-order valence-electron chi connectivity index (χ1n) is 12.5. The summed E-state index contributed by atoms with van der Waals surface area (Å²) in [5.41, 5.74) is 0.397. The lowest BCUT2D eigenvalue weighted by Crippen LogP contribution is -2.36. The molecule has 0 aliphatic heterocycles. The summed E-state index contributed by atoms with van der Waals surface area (Å²) in [5, 5.41) is 0. The number of unbranched alkanes of at least 4 members (excludes halogenated alkanes) is 13. The molecule has 6 heteroatoms. The van der Waals surface area contributed by atoms with E-state index in [0.29, 0.717) is 11.8 Å². The van der Waals surface area contributed by atoms with Crippen molar-refractivity contribution in [3.63, 3.8) is 0 Å². The Balaban J connectivity index is 3.21. The first-order valence-corrected chi connectivity index (χ1v) is 12.5. The van der Waals surface area contributed by atoms with Crippen LogP contribution in [0.5, 0.6) is 0 Å². The molecule has 31 heavy (non-hydrogen) atoms. The maximum Gasteiger partial charge on any atom is 0.453 e. The maximum absolute atomic E-state index is 12.8. The smallest absolute Gasteiger partial charge is 0.381 e. The van der Waals surface area contributed by atoms with Crippen LogP contribution in [0.2, 0.25) is 0 Å². The summed E-state index contributed by atoms with van der Waals surface area (Å²) in [5.74, 6) is -4.54. The molecule has 0 saturated heterocycles. The molecule has 0 heterocycles. The zero-order chi connectivity index (χ0) is 23.6. The molecule has 0 fully saturated rings. The van der Waals surface area contributed by atoms with Crippen LogP contribution in [0.4, 0.5) is 22.0 Å². The summed E-state index contributed by atoms with van der Waals surface area (Å²) >= 11 is 0. The zero-order valence-corrected chi connectivity index (χ0v) is 20.2. The minimum absolute atomic E-state index is 0.0597. The first-order chi connectivity index (χ1) is 14.5. The molecule has 0 rings (SSSR count). The monoisotopic (exact) mass is 458 g/mol. The van der Waals surface area contributed by atoms with E-state index in [-0.39, 0.29) is 6.42 Å². The fourth-order valence-corrected chi connectivity index (χ4v) is 3.62. The van der Waals surface area contributed by atoms with Gasteiger partial charge in [-0.25, -0.2) is 0 Å². The Hall–Kier alpha value is -0.390. The molecule has 188 valence electrons. The average Bonchev–Trinajstić information content (AvgIpc) is 2.64. The Morgan fingerprint density at radius 2 is 0.806 bits per heavy atom. The van der Waals surface area contributed by atoms with Crippen LogP contribution in [0.15, 0.2) is 0 Å². The van der Waals surface area contributed by atoms with Crippen LogP contribution in [0.25, 0.3) is 0 Å². The third kappa shape index (κ3) is 20.0. The molecule has 0 aliphatic rings. The third-order valence-electron chi connectivity index (χ3n) is 5.66. The number of ether oxygens (including phenoxy) is 1. The van der Waals surface area contributed by atoms with Gasteiger partial charge in [-0.05, 0) is 31.1 Å². The molecule has 0 aromatic carbocycles. The number of hydrogen-bond acceptors (Lipinski definition) is 1. The predicted octanol–water partition coefficient (Wildman–Crippen LogP) is 9.88. The van der Waals surface area contributed by atoms with Crippen LogP contribution in [-0.2, 0) is 4.74 Å². The van der Waals surface area contributed by atoms with E-state index < -0.39 is 18.5 Å². The minimum atomic E-state index is -5.41. The van der Waals surface area contributed by atoms with Crippen molar-refractivity contribution in [1.29, 1.82) is 0 Å². The topological polar surface area (TPSA) is 9.23 Å². The van der Waals surface area contributed by atoms with Crippen molar-refractivity contribution in [2.75, 3.05) is 13.2 Å². The van der Waals surface area contributed by atoms with Gasteiger partial charge in [-0.1, -0.05) is 97.8 Å². The van der Waals surface area contributed by atoms with Crippen molar-refractivity contribution in [2.45, 2.75) is 142 Å². The number of rotatable bonds is 20. The fraction of sp³-hybridized carbons (Fsp3) is 1.00. The number of alkyl halides is 5. The van der Waals surface area contributed by atoms with Crippen LogP contribution >= 0.6 is 0 Å². The standard InChI is InChI=1S/C25H47F5O/c1-23(2,3)19-18-22-31-21-17-15-13-11-9-7-5-4-6-8-10-12-14-16-20-24(26,27)25(28,29)30/h4-22H2,1-3H3. The zero-order valence-electron chi connectivity index (χ0n) is 20.2. The van der Waals surface area contributed by atoms with Crippen molar-refractivity contribution >= 4 is 0 Å². The molecule has 0 amide bonds. The van der Waals surface area contributed by atoms with E-state index in [1.54, 1.807) is 0 Å². The van der Waals surface area contributed by atoms with Crippen LogP contribution in [0.1, 0.15) is 130 Å². The molecular formula is C25H47F5O. The van der Waals surface area contributed by atoms with Gasteiger partial charge in [-0.15, -0.1) is 0 Å². The summed E-state index contributed by atoms with van der Waals surface area (Å²) in [7, 11) is 0. The summed E-state index contributed by atoms with van der Waals surface area (Å²) in [4.78, 5) is 0. The van der Waals surface area contributed by atoms with Crippen molar-refractivity contribution in [3.8, 4) is 0 Å². The Morgan fingerprint density at radius 3 is 1.19 bits per heavy atom. The highest BCUT2D eigenvalue weighted by Gasteiger charge is 2.56. The van der Waals surface area contributed by atoms with Gasteiger partial charge in [0.05, 0.1) is 0 Å². The van der Waals surface area contributed by atoms with E-state index >= 15 is 0 Å². The lowest BCUT2D eigenvalue weighted by molar-refractivity contribution is -0.284. The van der Waals surface area contributed by atoms with E-state index in [2.05, 4.69) is 20.8 Å². The van der Waals surface area contributed by atoms with E-state index in [9.17, 15) is 22.0 Å². The molecule has 0 saturated carbocycles. The number of hydrogen-bond donors (Lipinski definition) is 0. The van der Waals surface area contributed by atoms with Gasteiger partial charge < -0.3 is 4.74 Å². The highest BCUT2D eigenvalue weighted by atomic mass is 19.4. The molecule has 0 spiro atoms. The largest absolute Gasteiger partial charge is 0.453 e. The quantitative estimate of drug-likeness (QED) is 0.130. The Morgan fingerprint density at radius 1 is 0.452 bits per heavy atom. The van der Waals surface area contributed by atoms with Gasteiger partial charge in [0.15, 0.2) is 0 Å². The van der Waals surface area contributed by atoms with Crippen molar-refractivity contribution in [1.82, 2.24) is 0 Å². The predicted molar refractivity (Wildman–Crippen MR) is 120 cm³/mol. The van der Waals surface area contributed by atoms with E-state index in [4.69, 9.17) is 4.74 Å². The molecule has 0 unspecified atom stereocenters. The molecule has 0 aromatic rings. The molecule has 0 atom stereocenters. The molecule has 0 aromatic heterocycles. The summed E-state index contributed by atoms with van der Waals surface area (Å²) in [6.45, 7) is 8.54. The number of halogens is 5. The molecule has 0 bridgehead atoms. The van der Waals surface area contributed by atoms with Gasteiger partial charge in [0, 0.05) is 19.6 Å². The van der Waals surface area contributed by atoms with Crippen LogP contribution < -0.4 is 0 Å². The Kier molecular flexibility index (Phi) is 16.9. The van der Waals surface area contributed by atoms with Gasteiger partial charge in [-0.3, -0.25) is 0 Å². The fourth-order valence-electron chi connectivity index (χ4n) is 3.62. The summed E-state index contributed by atoms with van der Waals surface area (Å²) < 4.78 is 67.3. The van der Waals surface area contributed by atoms with Crippen LogP contribution in [-0.4, -0.2) is 25.3 Å². The Bertz CT molecular complexity index is 402. The Labute approximate surface area is 187 Å². The van der Waals surface area contributed by atoms with Crippen LogP contribution in [0, 0.1) is 5.41 Å². The van der Waals surface area contributed by atoms with Gasteiger partial charge in [0.1, 0.15) is 0 Å².